The fourth-order valence-electron chi connectivity index (χ4n) is 3.61. The number of rotatable bonds is 4. The molecule has 1 saturated heterocycles. The highest BCUT2D eigenvalue weighted by molar-refractivity contribution is 5.79. The van der Waals surface area contributed by atoms with Crippen LogP contribution in [0.4, 0.5) is 0 Å². The minimum Gasteiger partial charge on any atom is -0.342 e. The molecule has 7 nitrogen and oxygen atoms in total. The van der Waals surface area contributed by atoms with Crippen LogP contribution in [0.3, 0.4) is 0 Å². The van der Waals surface area contributed by atoms with Gasteiger partial charge in [-0.2, -0.15) is 4.68 Å². The summed E-state index contributed by atoms with van der Waals surface area (Å²) in [6, 6.07) is 12.0. The van der Waals surface area contributed by atoms with Gasteiger partial charge in [-0.3, -0.25) is 9.78 Å². The summed E-state index contributed by atoms with van der Waals surface area (Å²) in [6.07, 6.45) is 6.12. The lowest BCUT2D eigenvalue weighted by atomic mass is 9.90. The van der Waals surface area contributed by atoms with Crippen LogP contribution in [0.25, 0.3) is 5.69 Å². The molecule has 1 aromatic carbocycles. The van der Waals surface area contributed by atoms with E-state index in [1.54, 1.807) is 4.68 Å². The molecule has 0 spiro atoms. The first kappa shape index (κ1) is 17.3. The third-order valence-corrected chi connectivity index (χ3v) is 5.19. The zero-order valence-corrected chi connectivity index (χ0v) is 15.3. The molecule has 1 amide bonds. The Labute approximate surface area is 158 Å². The summed E-state index contributed by atoms with van der Waals surface area (Å²) in [5.74, 6) is 1.45. The van der Waals surface area contributed by atoms with Gasteiger partial charge in [0.2, 0.25) is 5.91 Å². The number of piperidine rings is 1. The van der Waals surface area contributed by atoms with Crippen LogP contribution in [0.2, 0.25) is 0 Å². The number of hydrogen-bond donors (Lipinski definition) is 0. The number of likely N-dealkylation sites (tertiary alicyclic amines) is 1. The van der Waals surface area contributed by atoms with E-state index >= 15 is 0 Å². The summed E-state index contributed by atoms with van der Waals surface area (Å²) >= 11 is 0. The van der Waals surface area contributed by atoms with Crippen molar-refractivity contribution in [2.75, 3.05) is 13.1 Å². The molecule has 1 aliphatic heterocycles. The molecule has 1 fully saturated rings. The first-order valence-electron chi connectivity index (χ1n) is 9.23. The van der Waals surface area contributed by atoms with Crippen LogP contribution in [-0.2, 0) is 11.2 Å². The van der Waals surface area contributed by atoms with E-state index in [2.05, 4.69) is 32.6 Å². The molecule has 0 radical (unpaired) electrons. The minimum absolute atomic E-state index is 0.189. The number of tetrazole rings is 1. The van der Waals surface area contributed by atoms with Crippen LogP contribution in [-0.4, -0.2) is 49.1 Å². The highest BCUT2D eigenvalue weighted by Gasteiger charge is 2.23. The number of aromatic nitrogens is 5. The van der Waals surface area contributed by atoms with Gasteiger partial charge in [0.25, 0.3) is 0 Å². The first-order valence-corrected chi connectivity index (χ1v) is 9.23. The van der Waals surface area contributed by atoms with Gasteiger partial charge in [0.1, 0.15) is 0 Å². The molecule has 3 heterocycles. The maximum Gasteiger partial charge on any atom is 0.226 e. The lowest BCUT2D eigenvalue weighted by Crippen LogP contribution is -2.38. The van der Waals surface area contributed by atoms with Gasteiger partial charge in [0, 0.05) is 25.5 Å². The molecule has 0 unspecified atom stereocenters. The lowest BCUT2D eigenvalue weighted by Gasteiger charge is -2.32. The normalized spacial score (nSPS) is 15.1. The highest BCUT2D eigenvalue weighted by atomic mass is 16.2. The van der Waals surface area contributed by atoms with E-state index in [0.717, 1.165) is 43.0 Å². The Morgan fingerprint density at radius 3 is 2.41 bits per heavy atom. The molecular formula is C20H22N6O. The quantitative estimate of drug-likeness (QED) is 0.712. The van der Waals surface area contributed by atoms with Crippen LogP contribution in [0, 0.1) is 6.92 Å². The minimum atomic E-state index is 0.189. The number of hydrogen-bond acceptors (Lipinski definition) is 5. The Hall–Kier alpha value is -3.09. The number of benzene rings is 1. The van der Waals surface area contributed by atoms with Crippen molar-refractivity contribution in [3.8, 4) is 5.69 Å². The Morgan fingerprint density at radius 1 is 1.07 bits per heavy atom. The van der Waals surface area contributed by atoms with Crippen molar-refractivity contribution in [2.24, 2.45) is 0 Å². The van der Waals surface area contributed by atoms with E-state index in [1.165, 1.54) is 5.56 Å². The number of amides is 1. The molecule has 0 saturated carbocycles. The Bertz CT molecular complexity index is 898. The third kappa shape index (κ3) is 3.86. The molecule has 4 rings (SSSR count). The molecule has 0 N–H and O–H groups in total. The second-order valence-corrected chi connectivity index (χ2v) is 6.92. The third-order valence-electron chi connectivity index (χ3n) is 5.19. The van der Waals surface area contributed by atoms with Gasteiger partial charge >= 0.3 is 0 Å². The molecule has 0 bridgehead atoms. The van der Waals surface area contributed by atoms with E-state index in [-0.39, 0.29) is 5.91 Å². The standard InChI is InChI=1S/C20H22N6O/c1-15-22-23-24-26(15)19-4-2-16(3-5-19)14-20(27)25-12-8-18(9-13-25)17-6-10-21-11-7-17/h2-7,10-11,18H,8-9,12-14H2,1H3. The smallest absolute Gasteiger partial charge is 0.226 e. The van der Waals surface area contributed by atoms with Gasteiger partial charge in [-0.25, -0.2) is 0 Å². The molecule has 3 aromatic rings. The maximum atomic E-state index is 12.7. The second-order valence-electron chi connectivity index (χ2n) is 6.92. The van der Waals surface area contributed by atoms with Crippen molar-refractivity contribution in [1.29, 1.82) is 0 Å². The van der Waals surface area contributed by atoms with Crippen LogP contribution in [0.5, 0.6) is 0 Å². The average molecular weight is 362 g/mol. The fraction of sp³-hybridized carbons (Fsp3) is 0.350. The van der Waals surface area contributed by atoms with E-state index in [4.69, 9.17) is 0 Å². The van der Waals surface area contributed by atoms with E-state index < -0.39 is 0 Å². The number of pyridine rings is 1. The van der Waals surface area contributed by atoms with Crippen molar-refractivity contribution in [1.82, 2.24) is 30.1 Å². The van der Waals surface area contributed by atoms with Gasteiger partial charge in [-0.1, -0.05) is 12.1 Å². The summed E-state index contributed by atoms with van der Waals surface area (Å²) in [7, 11) is 0. The lowest BCUT2D eigenvalue weighted by molar-refractivity contribution is -0.131. The van der Waals surface area contributed by atoms with Crippen molar-refractivity contribution in [3.05, 3.63) is 65.7 Å². The zero-order chi connectivity index (χ0) is 18.6. The fourth-order valence-corrected chi connectivity index (χ4v) is 3.61. The topological polar surface area (TPSA) is 76.8 Å². The first-order chi connectivity index (χ1) is 13.2. The number of nitrogens with zero attached hydrogens (tertiary/aromatic N) is 6. The maximum absolute atomic E-state index is 12.7. The zero-order valence-electron chi connectivity index (χ0n) is 15.3. The average Bonchev–Trinajstić information content (AvgIpc) is 3.15. The molecule has 1 aliphatic rings. The van der Waals surface area contributed by atoms with E-state index in [1.807, 2.05) is 48.5 Å². The van der Waals surface area contributed by atoms with Gasteiger partial charge in [0.15, 0.2) is 5.82 Å². The summed E-state index contributed by atoms with van der Waals surface area (Å²) in [6.45, 7) is 3.48. The van der Waals surface area contributed by atoms with Crippen LogP contribution in [0.15, 0.2) is 48.8 Å². The van der Waals surface area contributed by atoms with E-state index in [0.29, 0.717) is 12.3 Å². The van der Waals surface area contributed by atoms with Crippen molar-refractivity contribution in [3.63, 3.8) is 0 Å². The van der Waals surface area contributed by atoms with Crippen molar-refractivity contribution in [2.45, 2.75) is 32.1 Å². The number of carbonyl (C=O) groups is 1. The second kappa shape index (κ2) is 7.65. The Morgan fingerprint density at radius 2 is 1.78 bits per heavy atom. The van der Waals surface area contributed by atoms with Crippen LogP contribution in [0.1, 0.15) is 35.7 Å². The molecule has 2 aromatic heterocycles. The largest absolute Gasteiger partial charge is 0.342 e. The summed E-state index contributed by atoms with van der Waals surface area (Å²) < 4.78 is 1.68. The molecule has 0 aliphatic carbocycles. The SMILES string of the molecule is Cc1nnnn1-c1ccc(CC(=O)N2CCC(c3ccncc3)CC2)cc1. The predicted molar refractivity (Wildman–Crippen MR) is 100 cm³/mol. The molecule has 0 atom stereocenters. The number of carbonyl (C=O) groups excluding carboxylic acids is 1. The van der Waals surface area contributed by atoms with Crippen LogP contribution >= 0.6 is 0 Å². The van der Waals surface area contributed by atoms with Gasteiger partial charge in [-0.15, -0.1) is 5.10 Å². The summed E-state index contributed by atoms with van der Waals surface area (Å²) in [5, 5.41) is 11.5. The predicted octanol–water partition coefficient (Wildman–Crippen LogP) is 2.31. The van der Waals surface area contributed by atoms with E-state index in [9.17, 15) is 4.79 Å². The number of aryl methyl sites for hydroxylation is 1. The summed E-state index contributed by atoms with van der Waals surface area (Å²) in [4.78, 5) is 18.7. The molecule has 7 heteroatoms. The monoisotopic (exact) mass is 362 g/mol. The Balaban J connectivity index is 1.34. The van der Waals surface area contributed by atoms with Gasteiger partial charge in [-0.05, 0) is 71.5 Å². The molecule has 138 valence electrons. The van der Waals surface area contributed by atoms with Gasteiger partial charge < -0.3 is 4.90 Å². The van der Waals surface area contributed by atoms with Crippen LogP contribution < -0.4 is 0 Å². The van der Waals surface area contributed by atoms with Gasteiger partial charge in [0.05, 0.1) is 12.1 Å². The van der Waals surface area contributed by atoms with Crippen molar-refractivity contribution >= 4 is 5.91 Å². The molecular weight excluding hydrogens is 340 g/mol. The van der Waals surface area contributed by atoms with Crippen molar-refractivity contribution < 1.29 is 4.79 Å². The molecule has 27 heavy (non-hydrogen) atoms. The summed E-state index contributed by atoms with van der Waals surface area (Å²) in [5.41, 5.74) is 3.23. The Kier molecular flexibility index (Phi) is 4.91. The highest BCUT2D eigenvalue weighted by Crippen LogP contribution is 2.27.